The van der Waals surface area contributed by atoms with Crippen LogP contribution in [0.15, 0.2) is 15.9 Å². The van der Waals surface area contributed by atoms with Gasteiger partial charge in [0.1, 0.15) is 0 Å². The van der Waals surface area contributed by atoms with Gasteiger partial charge in [-0.3, -0.25) is 9.59 Å². The van der Waals surface area contributed by atoms with E-state index >= 15 is 0 Å². The van der Waals surface area contributed by atoms with E-state index in [-0.39, 0.29) is 0 Å². The summed E-state index contributed by atoms with van der Waals surface area (Å²) in [5.74, 6) is -0.960. The Balaban J connectivity index is 2.29. The molecule has 1 heterocycles. The minimum absolute atomic E-state index is 0.447. The summed E-state index contributed by atoms with van der Waals surface area (Å²) < 4.78 is 1.05. The van der Waals surface area contributed by atoms with E-state index in [2.05, 4.69) is 21.2 Å². The highest BCUT2D eigenvalue weighted by Crippen LogP contribution is 2.19. The Hall–Kier alpha value is -0.680. The van der Waals surface area contributed by atoms with Crippen LogP contribution < -0.4 is 5.32 Å². The normalized spacial score (nSPS) is 9.86. The van der Waals surface area contributed by atoms with Crippen molar-refractivity contribution in [1.82, 2.24) is 5.32 Å². The molecule has 76 valence electrons. The fourth-order valence-corrected chi connectivity index (χ4v) is 2.36. The average Bonchev–Trinajstić information content (AvgIpc) is 2.51. The molecule has 0 aliphatic heterocycles. The Morgan fingerprint density at radius 1 is 1.57 bits per heavy atom. The molecule has 3 nitrogen and oxygen atoms in total. The van der Waals surface area contributed by atoms with E-state index in [0.717, 1.165) is 10.9 Å². The predicted molar refractivity (Wildman–Crippen MR) is 59.4 cm³/mol. The Kier molecular flexibility index (Phi) is 4.28. The quantitative estimate of drug-likeness (QED) is 0.852. The van der Waals surface area contributed by atoms with Gasteiger partial charge in [-0.05, 0) is 28.4 Å². The number of hydrogen-bond donors (Lipinski definition) is 1. The van der Waals surface area contributed by atoms with E-state index in [1.54, 1.807) is 11.3 Å². The fourth-order valence-electron chi connectivity index (χ4n) is 0.909. The smallest absolute Gasteiger partial charge is 0.287 e. The van der Waals surface area contributed by atoms with Crippen molar-refractivity contribution in [2.45, 2.75) is 13.3 Å². The number of ketones is 1. The van der Waals surface area contributed by atoms with Gasteiger partial charge in [0.05, 0.1) is 0 Å². The van der Waals surface area contributed by atoms with Crippen LogP contribution in [0.2, 0.25) is 0 Å². The first kappa shape index (κ1) is 11.4. The summed E-state index contributed by atoms with van der Waals surface area (Å²) in [5, 5.41) is 4.53. The standard InChI is InChI=1S/C9H10BrNO2S/c1-6(12)9(13)11-3-2-8-4-7(10)5-14-8/h4-5H,2-3H2,1H3,(H,11,13). The molecule has 0 radical (unpaired) electrons. The fraction of sp³-hybridized carbons (Fsp3) is 0.333. The van der Waals surface area contributed by atoms with Crippen molar-refractivity contribution >= 4 is 39.0 Å². The predicted octanol–water partition coefficient (Wildman–Crippen LogP) is 1.76. The molecule has 5 heteroatoms. The van der Waals surface area contributed by atoms with Crippen molar-refractivity contribution < 1.29 is 9.59 Å². The minimum Gasteiger partial charge on any atom is -0.349 e. The molecule has 0 saturated heterocycles. The van der Waals surface area contributed by atoms with Gasteiger partial charge in [-0.1, -0.05) is 0 Å². The molecule has 0 aliphatic rings. The number of carbonyl (C=O) groups excluding carboxylic acids is 2. The number of Topliss-reactive ketones (excluding diaryl/α,β-unsaturated/α-hetero) is 1. The van der Waals surface area contributed by atoms with Gasteiger partial charge >= 0.3 is 0 Å². The van der Waals surface area contributed by atoms with Crippen LogP contribution in [-0.2, 0) is 16.0 Å². The summed E-state index contributed by atoms with van der Waals surface area (Å²) in [4.78, 5) is 22.6. The lowest BCUT2D eigenvalue weighted by molar-refractivity contribution is -0.136. The number of rotatable bonds is 4. The van der Waals surface area contributed by atoms with Gasteiger partial charge in [0.2, 0.25) is 5.78 Å². The number of carbonyl (C=O) groups is 2. The highest BCUT2D eigenvalue weighted by atomic mass is 79.9. The van der Waals surface area contributed by atoms with Crippen molar-refractivity contribution in [2.24, 2.45) is 0 Å². The van der Waals surface area contributed by atoms with Gasteiger partial charge in [-0.15, -0.1) is 11.3 Å². The molecule has 0 bridgehead atoms. The second-order valence-corrected chi connectivity index (χ2v) is 4.70. The maximum Gasteiger partial charge on any atom is 0.287 e. The second kappa shape index (κ2) is 5.26. The van der Waals surface area contributed by atoms with Gasteiger partial charge in [0.25, 0.3) is 5.91 Å². The highest BCUT2D eigenvalue weighted by molar-refractivity contribution is 9.10. The first-order valence-corrected chi connectivity index (χ1v) is 5.78. The molecule has 0 aliphatic carbocycles. The van der Waals surface area contributed by atoms with Gasteiger partial charge in [-0.2, -0.15) is 0 Å². The summed E-state index contributed by atoms with van der Waals surface area (Å²) in [6.07, 6.45) is 0.759. The van der Waals surface area contributed by atoms with E-state index < -0.39 is 11.7 Å². The van der Waals surface area contributed by atoms with Crippen molar-refractivity contribution in [3.05, 3.63) is 20.8 Å². The van der Waals surface area contributed by atoms with Crippen LogP contribution in [0.4, 0.5) is 0 Å². The summed E-state index contributed by atoms with van der Waals surface area (Å²) >= 11 is 4.97. The van der Waals surface area contributed by atoms with Crippen molar-refractivity contribution in [2.75, 3.05) is 6.54 Å². The molecule has 0 aromatic carbocycles. The zero-order chi connectivity index (χ0) is 10.6. The van der Waals surface area contributed by atoms with Crippen LogP contribution in [0.25, 0.3) is 0 Å². The third-order valence-corrected chi connectivity index (χ3v) is 3.36. The number of halogens is 1. The number of hydrogen-bond acceptors (Lipinski definition) is 3. The highest BCUT2D eigenvalue weighted by Gasteiger charge is 2.05. The summed E-state index contributed by atoms with van der Waals surface area (Å²) in [7, 11) is 0. The zero-order valence-corrected chi connectivity index (χ0v) is 10.1. The molecular formula is C9H10BrNO2S. The summed E-state index contributed by atoms with van der Waals surface area (Å²) in [5.41, 5.74) is 0. The molecular weight excluding hydrogens is 266 g/mol. The third kappa shape index (κ3) is 3.59. The maximum atomic E-state index is 10.9. The molecule has 1 amide bonds. The molecule has 1 rings (SSSR count). The first-order chi connectivity index (χ1) is 6.59. The van der Waals surface area contributed by atoms with E-state index in [1.165, 1.54) is 11.8 Å². The molecule has 0 atom stereocenters. The van der Waals surface area contributed by atoms with Gasteiger partial charge < -0.3 is 5.32 Å². The van der Waals surface area contributed by atoms with E-state index in [4.69, 9.17) is 0 Å². The topological polar surface area (TPSA) is 46.2 Å². The van der Waals surface area contributed by atoms with Crippen molar-refractivity contribution in [3.63, 3.8) is 0 Å². The Morgan fingerprint density at radius 3 is 2.79 bits per heavy atom. The van der Waals surface area contributed by atoms with E-state index in [9.17, 15) is 9.59 Å². The Bertz CT molecular complexity index is 348. The zero-order valence-electron chi connectivity index (χ0n) is 7.67. The van der Waals surface area contributed by atoms with Gasteiger partial charge in [0, 0.05) is 28.2 Å². The number of thiophene rings is 1. The van der Waals surface area contributed by atoms with E-state index in [1.807, 2.05) is 11.4 Å². The molecule has 1 aromatic heterocycles. The molecule has 0 spiro atoms. The number of amides is 1. The largest absolute Gasteiger partial charge is 0.349 e. The number of nitrogens with one attached hydrogen (secondary N) is 1. The van der Waals surface area contributed by atoms with Crippen LogP contribution in [0, 0.1) is 0 Å². The van der Waals surface area contributed by atoms with Crippen LogP contribution in [0.5, 0.6) is 0 Å². The lowest BCUT2D eigenvalue weighted by Crippen LogP contribution is -2.30. The monoisotopic (exact) mass is 275 g/mol. The molecule has 1 aromatic rings. The summed E-state index contributed by atoms with van der Waals surface area (Å²) in [6, 6.07) is 2.00. The van der Waals surface area contributed by atoms with E-state index in [0.29, 0.717) is 6.54 Å². The van der Waals surface area contributed by atoms with Crippen molar-refractivity contribution in [1.29, 1.82) is 0 Å². The molecule has 0 fully saturated rings. The van der Waals surface area contributed by atoms with Crippen LogP contribution >= 0.6 is 27.3 Å². The minimum atomic E-state index is -0.513. The second-order valence-electron chi connectivity index (χ2n) is 2.79. The third-order valence-electron chi connectivity index (χ3n) is 1.60. The molecule has 14 heavy (non-hydrogen) atoms. The Labute approximate surface area is 94.6 Å². The van der Waals surface area contributed by atoms with Crippen LogP contribution in [-0.4, -0.2) is 18.2 Å². The SMILES string of the molecule is CC(=O)C(=O)NCCc1cc(Br)cs1. The van der Waals surface area contributed by atoms with Gasteiger partial charge in [0.15, 0.2) is 0 Å². The van der Waals surface area contributed by atoms with Crippen molar-refractivity contribution in [3.8, 4) is 0 Å². The maximum absolute atomic E-state index is 10.9. The van der Waals surface area contributed by atoms with Gasteiger partial charge in [-0.25, -0.2) is 0 Å². The molecule has 1 N–H and O–H groups in total. The lowest BCUT2D eigenvalue weighted by Gasteiger charge is -1.99. The van der Waals surface area contributed by atoms with Crippen LogP contribution in [0.3, 0.4) is 0 Å². The Morgan fingerprint density at radius 2 is 2.29 bits per heavy atom. The lowest BCUT2D eigenvalue weighted by atomic mass is 10.3. The summed E-state index contributed by atoms with van der Waals surface area (Å²) in [6.45, 7) is 1.77. The average molecular weight is 276 g/mol. The van der Waals surface area contributed by atoms with Crippen LogP contribution in [0.1, 0.15) is 11.8 Å². The first-order valence-electron chi connectivity index (χ1n) is 4.11. The molecule has 0 saturated carbocycles. The molecule has 0 unspecified atom stereocenters.